The van der Waals surface area contributed by atoms with Crippen molar-refractivity contribution < 1.29 is 17.9 Å². The number of rotatable bonds is 7. The molecular formula is C20H19BrN2O4S2. The summed E-state index contributed by atoms with van der Waals surface area (Å²) in [6.45, 7) is 0.777. The molecule has 0 aliphatic carbocycles. The number of amides is 1. The van der Waals surface area contributed by atoms with Crippen LogP contribution in [0.25, 0.3) is 6.08 Å². The number of hydrogen-bond acceptors (Lipinski definition) is 5. The van der Waals surface area contributed by atoms with Crippen molar-refractivity contribution in [3.8, 4) is 0 Å². The molecule has 3 rings (SSSR count). The van der Waals surface area contributed by atoms with Gasteiger partial charge in [0, 0.05) is 24.7 Å². The van der Waals surface area contributed by atoms with Crippen molar-refractivity contribution in [3.63, 3.8) is 0 Å². The number of halogens is 1. The molecule has 152 valence electrons. The third-order valence-corrected chi connectivity index (χ3v) is 6.96. The summed E-state index contributed by atoms with van der Waals surface area (Å²) in [5, 5.41) is 0.151. The van der Waals surface area contributed by atoms with Gasteiger partial charge in [0.25, 0.3) is 15.9 Å². The molecule has 0 spiro atoms. The van der Waals surface area contributed by atoms with Gasteiger partial charge >= 0.3 is 0 Å². The Morgan fingerprint density at radius 2 is 1.83 bits per heavy atom. The minimum Gasteiger partial charge on any atom is -0.385 e. The first-order chi connectivity index (χ1) is 13.9. The quantitative estimate of drug-likeness (QED) is 0.426. The van der Waals surface area contributed by atoms with Crippen LogP contribution in [0.1, 0.15) is 12.0 Å². The number of sulfonamides is 1. The smallest absolute Gasteiger partial charge is 0.284 e. The minimum absolute atomic E-state index is 0.0859. The molecule has 1 heterocycles. The van der Waals surface area contributed by atoms with Crippen LogP contribution in [0, 0.1) is 0 Å². The Labute approximate surface area is 182 Å². The first-order valence-electron chi connectivity index (χ1n) is 8.76. The van der Waals surface area contributed by atoms with Crippen molar-refractivity contribution in [3.05, 3.63) is 69.5 Å². The Morgan fingerprint density at radius 1 is 1.14 bits per heavy atom. The fourth-order valence-corrected chi connectivity index (χ4v) is 5.09. The van der Waals surface area contributed by atoms with E-state index >= 15 is 0 Å². The molecule has 2 aromatic rings. The molecule has 0 bridgehead atoms. The van der Waals surface area contributed by atoms with Crippen molar-refractivity contribution >= 4 is 54.9 Å². The summed E-state index contributed by atoms with van der Waals surface area (Å²) in [6.07, 6.45) is 2.30. The SMILES string of the molecule is COCCCN1C(=O)/C(=C/c2ccc(Br)cc2)SC1=NS(=O)(=O)c1ccccc1. The van der Waals surface area contributed by atoms with Crippen LogP contribution in [0.5, 0.6) is 0 Å². The van der Waals surface area contributed by atoms with Crippen molar-refractivity contribution in [2.75, 3.05) is 20.3 Å². The average Bonchev–Trinajstić information content (AvgIpc) is 2.99. The highest BCUT2D eigenvalue weighted by Gasteiger charge is 2.34. The molecule has 29 heavy (non-hydrogen) atoms. The molecule has 6 nitrogen and oxygen atoms in total. The minimum atomic E-state index is -3.92. The number of hydrogen-bond donors (Lipinski definition) is 0. The summed E-state index contributed by atoms with van der Waals surface area (Å²) < 4.78 is 35.3. The van der Waals surface area contributed by atoms with E-state index in [0.29, 0.717) is 24.5 Å². The third-order valence-electron chi connectivity index (χ3n) is 4.03. The van der Waals surface area contributed by atoms with Crippen LogP contribution in [0.2, 0.25) is 0 Å². The number of carbonyl (C=O) groups excluding carboxylic acids is 1. The summed E-state index contributed by atoms with van der Waals surface area (Å²) in [7, 11) is -2.35. The van der Waals surface area contributed by atoms with Crippen LogP contribution in [-0.2, 0) is 19.6 Å². The lowest BCUT2D eigenvalue weighted by molar-refractivity contribution is -0.122. The van der Waals surface area contributed by atoms with Gasteiger partial charge in [-0.3, -0.25) is 9.69 Å². The molecule has 2 aromatic carbocycles. The third kappa shape index (κ3) is 5.57. The van der Waals surface area contributed by atoms with E-state index < -0.39 is 10.0 Å². The molecule has 0 unspecified atom stereocenters. The van der Waals surface area contributed by atoms with E-state index in [0.717, 1.165) is 21.8 Å². The monoisotopic (exact) mass is 494 g/mol. The van der Waals surface area contributed by atoms with Crippen molar-refractivity contribution in [2.45, 2.75) is 11.3 Å². The first kappa shape index (κ1) is 21.8. The summed E-state index contributed by atoms with van der Waals surface area (Å²) in [4.78, 5) is 14.8. The maximum Gasteiger partial charge on any atom is 0.284 e. The number of amidine groups is 1. The van der Waals surface area contributed by atoms with Gasteiger partial charge < -0.3 is 4.74 Å². The van der Waals surface area contributed by atoms with E-state index in [4.69, 9.17) is 4.74 Å². The highest BCUT2D eigenvalue weighted by atomic mass is 79.9. The average molecular weight is 495 g/mol. The van der Waals surface area contributed by atoms with Gasteiger partial charge in [0.2, 0.25) is 0 Å². The van der Waals surface area contributed by atoms with Crippen LogP contribution in [0.15, 0.2) is 73.3 Å². The maximum absolute atomic E-state index is 12.9. The van der Waals surface area contributed by atoms with Gasteiger partial charge in [0.15, 0.2) is 5.17 Å². The normalized spacial score (nSPS) is 17.4. The topological polar surface area (TPSA) is 76.0 Å². The number of nitrogens with zero attached hydrogens (tertiary/aromatic N) is 2. The number of thioether (sulfide) groups is 1. The lowest BCUT2D eigenvalue weighted by atomic mass is 10.2. The van der Waals surface area contributed by atoms with E-state index in [9.17, 15) is 13.2 Å². The zero-order valence-electron chi connectivity index (χ0n) is 15.6. The fourth-order valence-electron chi connectivity index (χ4n) is 2.60. The maximum atomic E-state index is 12.9. The van der Waals surface area contributed by atoms with Gasteiger partial charge in [-0.2, -0.15) is 8.42 Å². The largest absolute Gasteiger partial charge is 0.385 e. The number of ether oxygens (including phenoxy) is 1. The van der Waals surface area contributed by atoms with E-state index in [-0.39, 0.29) is 16.0 Å². The lowest BCUT2D eigenvalue weighted by Crippen LogP contribution is -2.31. The number of carbonyl (C=O) groups is 1. The molecule has 0 N–H and O–H groups in total. The second-order valence-corrected chi connectivity index (χ2v) is 9.66. The Hall–Kier alpha value is -1.94. The standard InChI is InChI=1S/C20H19BrN2O4S2/c1-27-13-5-12-23-19(24)18(14-15-8-10-16(21)11-9-15)28-20(23)22-29(25,26)17-6-3-2-4-7-17/h2-4,6-11,14H,5,12-13H2,1H3/b18-14-,22-20?. The number of methoxy groups -OCH3 is 1. The number of benzene rings is 2. The Bertz CT molecular complexity index is 1040. The summed E-state index contributed by atoms with van der Waals surface area (Å²) >= 11 is 4.44. The first-order valence-corrected chi connectivity index (χ1v) is 11.8. The molecule has 0 atom stereocenters. The van der Waals surface area contributed by atoms with Gasteiger partial charge in [-0.15, -0.1) is 4.40 Å². The molecule has 1 fully saturated rings. The summed E-state index contributed by atoms with van der Waals surface area (Å²) in [5.74, 6) is -0.268. The Balaban J connectivity index is 1.94. The van der Waals surface area contributed by atoms with Crippen LogP contribution < -0.4 is 0 Å². The predicted molar refractivity (Wildman–Crippen MR) is 119 cm³/mol. The molecule has 1 aliphatic heterocycles. The van der Waals surface area contributed by atoms with Gasteiger partial charge in [0.05, 0.1) is 9.80 Å². The molecular weight excluding hydrogens is 476 g/mol. The second-order valence-electron chi connectivity index (χ2n) is 6.13. The Kier molecular flexibility index (Phi) is 7.28. The van der Waals surface area contributed by atoms with Gasteiger partial charge in [-0.05, 0) is 54.1 Å². The lowest BCUT2D eigenvalue weighted by Gasteiger charge is -2.15. The van der Waals surface area contributed by atoms with E-state index in [1.807, 2.05) is 24.3 Å². The van der Waals surface area contributed by atoms with Crippen molar-refractivity contribution in [1.82, 2.24) is 4.90 Å². The zero-order valence-corrected chi connectivity index (χ0v) is 18.8. The fraction of sp³-hybridized carbons (Fsp3) is 0.200. The molecule has 1 amide bonds. The highest BCUT2D eigenvalue weighted by Crippen LogP contribution is 2.34. The molecule has 9 heteroatoms. The predicted octanol–water partition coefficient (Wildman–Crippen LogP) is 4.15. The van der Waals surface area contributed by atoms with Crippen molar-refractivity contribution in [1.29, 1.82) is 0 Å². The van der Waals surface area contributed by atoms with E-state index in [1.165, 1.54) is 17.0 Å². The van der Waals surface area contributed by atoms with Gasteiger partial charge in [-0.1, -0.05) is 46.3 Å². The van der Waals surface area contributed by atoms with Crippen LogP contribution in [0.3, 0.4) is 0 Å². The molecule has 0 saturated carbocycles. The van der Waals surface area contributed by atoms with Crippen LogP contribution >= 0.6 is 27.7 Å². The Morgan fingerprint density at radius 3 is 2.48 bits per heavy atom. The van der Waals surface area contributed by atoms with Crippen molar-refractivity contribution in [2.24, 2.45) is 4.40 Å². The van der Waals surface area contributed by atoms with E-state index in [2.05, 4.69) is 20.3 Å². The highest BCUT2D eigenvalue weighted by molar-refractivity contribution is 9.10. The summed E-state index contributed by atoms with van der Waals surface area (Å²) in [6, 6.07) is 15.5. The molecule has 1 aliphatic rings. The molecule has 0 aromatic heterocycles. The van der Waals surface area contributed by atoms with Crippen LogP contribution in [0.4, 0.5) is 0 Å². The van der Waals surface area contributed by atoms with Gasteiger partial charge in [0.1, 0.15) is 0 Å². The summed E-state index contributed by atoms with van der Waals surface area (Å²) in [5.41, 5.74) is 0.841. The van der Waals surface area contributed by atoms with Gasteiger partial charge in [-0.25, -0.2) is 0 Å². The van der Waals surface area contributed by atoms with Crippen LogP contribution in [-0.4, -0.2) is 44.7 Å². The van der Waals surface area contributed by atoms with E-state index in [1.54, 1.807) is 31.4 Å². The zero-order chi connectivity index (χ0) is 20.9. The second kappa shape index (κ2) is 9.71. The molecule has 1 saturated heterocycles. The molecule has 0 radical (unpaired) electrons.